The summed E-state index contributed by atoms with van der Waals surface area (Å²) in [6.45, 7) is 3.69. The van der Waals surface area contributed by atoms with Crippen LogP contribution in [0, 0.1) is 12.7 Å². The molecule has 10 heteroatoms. The lowest BCUT2D eigenvalue weighted by atomic mass is 10.2. The lowest BCUT2D eigenvalue weighted by molar-refractivity contribution is -0.128. The maximum Gasteiger partial charge on any atom is 0.244 e. The molecule has 31 heavy (non-hydrogen) atoms. The van der Waals surface area contributed by atoms with E-state index in [9.17, 15) is 17.6 Å². The summed E-state index contributed by atoms with van der Waals surface area (Å²) in [5.41, 5.74) is 0.992. The highest BCUT2D eigenvalue weighted by atomic mass is 32.2. The van der Waals surface area contributed by atoms with Gasteiger partial charge in [-0.25, -0.2) is 22.8 Å². The number of hydrogen-bond acceptors (Lipinski definition) is 6. The van der Waals surface area contributed by atoms with Gasteiger partial charge in [0.1, 0.15) is 17.5 Å². The van der Waals surface area contributed by atoms with E-state index in [2.05, 4.69) is 9.97 Å². The molecule has 1 atom stereocenters. The third-order valence-corrected chi connectivity index (χ3v) is 7.47. The monoisotopic (exact) mass is 449 g/mol. The van der Waals surface area contributed by atoms with E-state index in [1.54, 1.807) is 20.0 Å². The molecular formula is C21H28FN5O3S. The Bertz CT molecular complexity index is 1090. The van der Waals surface area contributed by atoms with Crippen LogP contribution in [0.4, 0.5) is 10.2 Å². The molecule has 0 spiro atoms. The molecule has 1 amide bonds. The van der Waals surface area contributed by atoms with E-state index >= 15 is 0 Å². The standard InChI is InChI=1S/C21H28FN5O3S/c1-14-11-16(22)8-9-19(14)31(29,30)27-10-6-7-18(27)21-23-17(13-26(5)15(2)28)12-20(24-21)25(3)4/h8-9,11-12,18H,6-7,10,13H2,1-5H3/t18-/m1/s1. The van der Waals surface area contributed by atoms with Crippen molar-refractivity contribution in [3.05, 3.63) is 47.2 Å². The van der Waals surface area contributed by atoms with Crippen molar-refractivity contribution in [2.75, 3.05) is 32.6 Å². The van der Waals surface area contributed by atoms with Gasteiger partial charge in [-0.05, 0) is 43.5 Å². The van der Waals surface area contributed by atoms with E-state index in [1.165, 1.54) is 28.3 Å². The van der Waals surface area contributed by atoms with E-state index < -0.39 is 21.9 Å². The molecule has 3 rings (SSSR count). The van der Waals surface area contributed by atoms with Gasteiger partial charge in [0.25, 0.3) is 0 Å². The molecule has 2 heterocycles. The van der Waals surface area contributed by atoms with Crippen LogP contribution in [0.1, 0.15) is 42.9 Å². The van der Waals surface area contributed by atoms with Gasteiger partial charge in [0.05, 0.1) is 23.2 Å². The Morgan fingerprint density at radius 2 is 1.94 bits per heavy atom. The van der Waals surface area contributed by atoms with Gasteiger partial charge in [-0.15, -0.1) is 0 Å². The van der Waals surface area contributed by atoms with Gasteiger partial charge >= 0.3 is 0 Å². The summed E-state index contributed by atoms with van der Waals surface area (Å²) in [5, 5.41) is 0. The zero-order chi connectivity index (χ0) is 22.9. The molecular weight excluding hydrogens is 421 g/mol. The molecule has 1 aromatic carbocycles. The maximum atomic E-state index is 13.5. The molecule has 168 valence electrons. The number of benzene rings is 1. The summed E-state index contributed by atoms with van der Waals surface area (Å²) in [6.07, 6.45) is 1.25. The number of sulfonamides is 1. The second-order valence-electron chi connectivity index (χ2n) is 8.03. The Labute approximate surface area is 182 Å². The summed E-state index contributed by atoms with van der Waals surface area (Å²) in [7, 11) is 1.51. The molecule has 0 bridgehead atoms. The number of hydrogen-bond donors (Lipinski definition) is 0. The highest BCUT2D eigenvalue weighted by Gasteiger charge is 2.39. The van der Waals surface area contributed by atoms with Crippen molar-refractivity contribution in [3.63, 3.8) is 0 Å². The van der Waals surface area contributed by atoms with E-state index in [1.807, 2.05) is 19.0 Å². The molecule has 0 unspecified atom stereocenters. The Balaban J connectivity index is 2.02. The third-order valence-electron chi connectivity index (χ3n) is 5.40. The number of amides is 1. The van der Waals surface area contributed by atoms with E-state index in [0.29, 0.717) is 48.8 Å². The number of halogens is 1. The number of rotatable bonds is 6. The summed E-state index contributed by atoms with van der Waals surface area (Å²) < 4.78 is 41.7. The van der Waals surface area contributed by atoms with Crippen molar-refractivity contribution in [2.24, 2.45) is 0 Å². The number of anilines is 1. The lowest BCUT2D eigenvalue weighted by Gasteiger charge is -2.25. The van der Waals surface area contributed by atoms with Gasteiger partial charge in [-0.1, -0.05) is 0 Å². The average molecular weight is 450 g/mol. The Hall–Kier alpha value is -2.59. The summed E-state index contributed by atoms with van der Waals surface area (Å²) in [4.78, 5) is 24.3. The van der Waals surface area contributed by atoms with E-state index in [4.69, 9.17) is 0 Å². The summed E-state index contributed by atoms with van der Waals surface area (Å²) in [6, 6.07) is 4.94. The molecule has 0 N–H and O–H groups in total. The van der Waals surface area contributed by atoms with Crippen LogP contribution >= 0.6 is 0 Å². The minimum Gasteiger partial charge on any atom is -0.363 e. The minimum absolute atomic E-state index is 0.0844. The van der Waals surface area contributed by atoms with Crippen molar-refractivity contribution in [1.82, 2.24) is 19.2 Å². The lowest BCUT2D eigenvalue weighted by Crippen LogP contribution is -2.33. The van der Waals surface area contributed by atoms with Gasteiger partial charge in [0.15, 0.2) is 0 Å². The van der Waals surface area contributed by atoms with Gasteiger partial charge in [-0.2, -0.15) is 4.31 Å². The first-order valence-corrected chi connectivity index (χ1v) is 11.5. The summed E-state index contributed by atoms with van der Waals surface area (Å²) >= 11 is 0. The number of carbonyl (C=O) groups excluding carboxylic acids is 1. The predicted molar refractivity (Wildman–Crippen MR) is 116 cm³/mol. The molecule has 1 saturated heterocycles. The van der Waals surface area contributed by atoms with Crippen LogP contribution in [0.25, 0.3) is 0 Å². The highest BCUT2D eigenvalue weighted by Crippen LogP contribution is 2.36. The molecule has 2 aromatic rings. The summed E-state index contributed by atoms with van der Waals surface area (Å²) in [5.74, 6) is 0.470. The van der Waals surface area contributed by atoms with Crippen molar-refractivity contribution in [1.29, 1.82) is 0 Å². The molecule has 8 nitrogen and oxygen atoms in total. The fourth-order valence-corrected chi connectivity index (χ4v) is 5.49. The fraction of sp³-hybridized carbons (Fsp3) is 0.476. The number of aryl methyl sites for hydroxylation is 1. The Kier molecular flexibility index (Phi) is 6.61. The number of carbonyl (C=O) groups is 1. The van der Waals surface area contributed by atoms with Crippen molar-refractivity contribution in [2.45, 2.75) is 44.2 Å². The highest BCUT2D eigenvalue weighted by molar-refractivity contribution is 7.89. The van der Waals surface area contributed by atoms with Gasteiger partial charge in [0, 0.05) is 40.7 Å². The van der Waals surface area contributed by atoms with Crippen LogP contribution in [0.3, 0.4) is 0 Å². The average Bonchev–Trinajstić information content (AvgIpc) is 3.18. The molecule has 1 fully saturated rings. The van der Waals surface area contributed by atoms with Crippen LogP contribution in [0.15, 0.2) is 29.2 Å². The van der Waals surface area contributed by atoms with Crippen LogP contribution in [0.2, 0.25) is 0 Å². The van der Waals surface area contributed by atoms with Crippen LogP contribution in [-0.2, 0) is 21.4 Å². The van der Waals surface area contributed by atoms with Crippen LogP contribution in [0.5, 0.6) is 0 Å². The quantitative estimate of drug-likeness (QED) is 0.674. The van der Waals surface area contributed by atoms with Gasteiger partial charge in [-0.3, -0.25) is 4.79 Å². The fourth-order valence-electron chi connectivity index (χ4n) is 3.63. The van der Waals surface area contributed by atoms with E-state index in [0.717, 1.165) is 6.07 Å². The van der Waals surface area contributed by atoms with Crippen molar-refractivity contribution >= 4 is 21.7 Å². The number of nitrogens with zero attached hydrogens (tertiary/aromatic N) is 5. The topological polar surface area (TPSA) is 86.7 Å². The smallest absolute Gasteiger partial charge is 0.244 e. The molecule has 1 aliphatic heterocycles. The van der Waals surface area contributed by atoms with Crippen LogP contribution < -0.4 is 4.90 Å². The maximum absolute atomic E-state index is 13.5. The van der Waals surface area contributed by atoms with Crippen LogP contribution in [-0.4, -0.2) is 61.2 Å². The van der Waals surface area contributed by atoms with Gasteiger partial charge in [0.2, 0.25) is 15.9 Å². The Morgan fingerprint density at radius 3 is 2.55 bits per heavy atom. The second-order valence-corrected chi connectivity index (χ2v) is 9.89. The normalized spacial score (nSPS) is 17.0. The molecule has 0 aliphatic carbocycles. The van der Waals surface area contributed by atoms with Crippen molar-refractivity contribution < 1.29 is 17.6 Å². The largest absolute Gasteiger partial charge is 0.363 e. The van der Waals surface area contributed by atoms with Crippen molar-refractivity contribution in [3.8, 4) is 0 Å². The van der Waals surface area contributed by atoms with E-state index in [-0.39, 0.29) is 10.8 Å². The first-order chi connectivity index (χ1) is 14.5. The molecule has 0 radical (unpaired) electrons. The first-order valence-electron chi connectivity index (χ1n) is 10.1. The second kappa shape index (κ2) is 8.88. The first kappa shape index (κ1) is 23.1. The zero-order valence-corrected chi connectivity index (χ0v) is 19.3. The minimum atomic E-state index is -3.86. The predicted octanol–water partition coefficient (Wildman–Crippen LogP) is 2.49. The third kappa shape index (κ3) is 4.85. The van der Waals surface area contributed by atoms with Gasteiger partial charge < -0.3 is 9.80 Å². The molecule has 1 aliphatic rings. The molecule has 0 saturated carbocycles. The molecule has 1 aromatic heterocycles. The number of aromatic nitrogens is 2. The zero-order valence-electron chi connectivity index (χ0n) is 18.5. The Morgan fingerprint density at radius 1 is 1.23 bits per heavy atom. The SMILES string of the molecule is CC(=O)N(C)Cc1cc(N(C)C)nc([C@H]2CCCN2S(=O)(=O)c2ccc(F)cc2C)n1.